The largest absolute Gasteiger partial charge is 0.236 e. The van der Waals surface area contributed by atoms with Gasteiger partial charge in [-0.2, -0.15) is 0 Å². The lowest BCUT2D eigenvalue weighted by molar-refractivity contribution is 0.607. The standard InChI is InChI=1S/C28H35FN2/c1-3-5-7-8-9-10-12-23-20-30-28(31-21-23)25-16-14-24(15-17-25)26-18-13-22(11-6-4-2)19-27(26)29/h13-21H,3-12H2,1-2H3. The molecule has 31 heavy (non-hydrogen) atoms. The summed E-state index contributed by atoms with van der Waals surface area (Å²) in [6.07, 6.45) is 15.8. The van der Waals surface area contributed by atoms with Crippen LogP contribution in [0.3, 0.4) is 0 Å². The molecular formula is C28H35FN2. The van der Waals surface area contributed by atoms with Crippen LogP contribution < -0.4 is 0 Å². The van der Waals surface area contributed by atoms with Gasteiger partial charge in [-0.3, -0.25) is 0 Å². The monoisotopic (exact) mass is 418 g/mol. The van der Waals surface area contributed by atoms with Gasteiger partial charge in [0.15, 0.2) is 5.82 Å². The Morgan fingerprint density at radius 3 is 1.94 bits per heavy atom. The molecule has 0 atom stereocenters. The third-order valence-electron chi connectivity index (χ3n) is 5.83. The minimum atomic E-state index is -0.156. The van der Waals surface area contributed by atoms with Gasteiger partial charge in [0, 0.05) is 23.5 Å². The molecule has 0 fully saturated rings. The molecule has 0 aliphatic carbocycles. The number of aromatic nitrogens is 2. The van der Waals surface area contributed by atoms with E-state index < -0.39 is 0 Å². The van der Waals surface area contributed by atoms with Gasteiger partial charge in [-0.25, -0.2) is 14.4 Å². The number of benzene rings is 2. The SMILES string of the molecule is CCCCCCCCc1cnc(-c2ccc(-c3ccc(CCCC)cc3F)cc2)nc1. The average molecular weight is 419 g/mol. The molecule has 0 radical (unpaired) electrons. The third kappa shape index (κ3) is 6.99. The molecule has 0 saturated heterocycles. The van der Waals surface area contributed by atoms with Crippen LogP contribution in [0.15, 0.2) is 54.9 Å². The maximum atomic E-state index is 14.6. The van der Waals surface area contributed by atoms with E-state index in [4.69, 9.17) is 0 Å². The van der Waals surface area contributed by atoms with Crippen molar-refractivity contribution in [3.8, 4) is 22.5 Å². The summed E-state index contributed by atoms with van der Waals surface area (Å²) in [5, 5.41) is 0. The first kappa shape index (κ1) is 23.1. The summed E-state index contributed by atoms with van der Waals surface area (Å²) < 4.78 is 14.6. The fraction of sp³-hybridized carbons (Fsp3) is 0.429. The number of nitrogens with zero attached hydrogens (tertiary/aromatic N) is 2. The zero-order chi connectivity index (χ0) is 21.9. The molecule has 0 unspecified atom stereocenters. The molecule has 0 bridgehead atoms. The summed E-state index contributed by atoms with van der Waals surface area (Å²) in [6.45, 7) is 4.40. The highest BCUT2D eigenvalue weighted by Gasteiger charge is 2.08. The van der Waals surface area contributed by atoms with Gasteiger partial charge in [0.1, 0.15) is 5.82 Å². The molecule has 3 aromatic rings. The average Bonchev–Trinajstić information content (AvgIpc) is 2.81. The van der Waals surface area contributed by atoms with E-state index in [2.05, 4.69) is 23.8 Å². The molecule has 0 saturated carbocycles. The van der Waals surface area contributed by atoms with E-state index in [1.54, 1.807) is 6.07 Å². The van der Waals surface area contributed by atoms with Crippen molar-refractivity contribution in [3.63, 3.8) is 0 Å². The highest BCUT2D eigenvalue weighted by atomic mass is 19.1. The molecule has 1 aromatic heterocycles. The fourth-order valence-corrected chi connectivity index (χ4v) is 3.87. The Hall–Kier alpha value is -2.55. The van der Waals surface area contributed by atoms with E-state index >= 15 is 0 Å². The summed E-state index contributed by atoms with van der Waals surface area (Å²) >= 11 is 0. The topological polar surface area (TPSA) is 25.8 Å². The Labute approximate surface area is 187 Å². The fourth-order valence-electron chi connectivity index (χ4n) is 3.87. The van der Waals surface area contributed by atoms with Gasteiger partial charge >= 0.3 is 0 Å². The summed E-state index contributed by atoms with van der Waals surface area (Å²) in [6, 6.07) is 13.5. The predicted octanol–water partition coefficient (Wildman–Crippen LogP) is 8.20. The smallest absolute Gasteiger partial charge is 0.159 e. The Bertz CT molecular complexity index is 917. The van der Waals surface area contributed by atoms with Gasteiger partial charge in [-0.05, 0) is 48.4 Å². The van der Waals surface area contributed by atoms with Gasteiger partial charge in [0.2, 0.25) is 0 Å². The van der Waals surface area contributed by atoms with Crippen LogP contribution in [0.2, 0.25) is 0 Å². The highest BCUT2D eigenvalue weighted by Crippen LogP contribution is 2.26. The Kier molecular flexibility index (Phi) is 9.20. The molecule has 0 N–H and O–H groups in total. The van der Waals surface area contributed by atoms with Crippen molar-refractivity contribution < 1.29 is 4.39 Å². The van der Waals surface area contributed by atoms with Crippen molar-refractivity contribution in [1.82, 2.24) is 9.97 Å². The van der Waals surface area contributed by atoms with Gasteiger partial charge in [-0.1, -0.05) is 88.8 Å². The number of hydrogen-bond acceptors (Lipinski definition) is 2. The molecule has 3 rings (SSSR count). The first-order valence-electron chi connectivity index (χ1n) is 11.9. The van der Waals surface area contributed by atoms with E-state index in [9.17, 15) is 4.39 Å². The van der Waals surface area contributed by atoms with E-state index in [0.29, 0.717) is 11.4 Å². The van der Waals surface area contributed by atoms with Gasteiger partial charge < -0.3 is 0 Å². The molecule has 2 aromatic carbocycles. The number of halogens is 1. The van der Waals surface area contributed by atoms with Crippen LogP contribution in [0.25, 0.3) is 22.5 Å². The molecule has 2 nitrogen and oxygen atoms in total. The van der Waals surface area contributed by atoms with Crippen molar-refractivity contribution in [2.75, 3.05) is 0 Å². The van der Waals surface area contributed by atoms with Crippen molar-refractivity contribution in [1.29, 1.82) is 0 Å². The molecule has 164 valence electrons. The van der Waals surface area contributed by atoms with Crippen LogP contribution in [0.1, 0.15) is 76.3 Å². The van der Waals surface area contributed by atoms with E-state index in [-0.39, 0.29) is 5.82 Å². The molecule has 0 aliphatic heterocycles. The number of aryl methyl sites for hydroxylation is 2. The molecule has 0 aliphatic rings. The van der Waals surface area contributed by atoms with Gasteiger partial charge in [-0.15, -0.1) is 0 Å². The lowest BCUT2D eigenvalue weighted by Crippen LogP contribution is -1.94. The van der Waals surface area contributed by atoms with Crippen LogP contribution in [-0.2, 0) is 12.8 Å². The van der Waals surface area contributed by atoms with Crippen LogP contribution in [0.4, 0.5) is 4.39 Å². The summed E-state index contributed by atoms with van der Waals surface area (Å²) in [5.41, 5.74) is 4.73. The van der Waals surface area contributed by atoms with Crippen LogP contribution in [-0.4, -0.2) is 9.97 Å². The Balaban J connectivity index is 1.58. The van der Waals surface area contributed by atoms with E-state index in [1.165, 1.54) is 44.1 Å². The van der Waals surface area contributed by atoms with Gasteiger partial charge in [0.25, 0.3) is 0 Å². The summed E-state index contributed by atoms with van der Waals surface area (Å²) in [4.78, 5) is 9.10. The molecular weight excluding hydrogens is 383 g/mol. The lowest BCUT2D eigenvalue weighted by atomic mass is 10.00. The van der Waals surface area contributed by atoms with Crippen molar-refractivity contribution in [2.24, 2.45) is 0 Å². The minimum absolute atomic E-state index is 0.156. The maximum Gasteiger partial charge on any atom is 0.159 e. The van der Waals surface area contributed by atoms with Crippen LogP contribution in [0.5, 0.6) is 0 Å². The van der Waals surface area contributed by atoms with Gasteiger partial charge in [0.05, 0.1) is 0 Å². The van der Waals surface area contributed by atoms with Crippen molar-refractivity contribution in [3.05, 3.63) is 71.8 Å². The van der Waals surface area contributed by atoms with E-state index in [1.807, 2.05) is 48.8 Å². The van der Waals surface area contributed by atoms with Crippen molar-refractivity contribution in [2.45, 2.75) is 78.1 Å². The molecule has 1 heterocycles. The van der Waals surface area contributed by atoms with Crippen LogP contribution >= 0.6 is 0 Å². The minimum Gasteiger partial charge on any atom is -0.236 e. The Morgan fingerprint density at radius 1 is 0.645 bits per heavy atom. The first-order valence-corrected chi connectivity index (χ1v) is 11.9. The zero-order valence-electron chi connectivity index (χ0n) is 19.0. The molecule has 0 spiro atoms. The normalized spacial score (nSPS) is 11.1. The van der Waals surface area contributed by atoms with Crippen molar-refractivity contribution >= 4 is 0 Å². The second-order valence-corrected chi connectivity index (χ2v) is 8.43. The lowest BCUT2D eigenvalue weighted by Gasteiger charge is -2.08. The quantitative estimate of drug-likeness (QED) is 0.277. The molecule has 3 heteroatoms. The van der Waals surface area contributed by atoms with Crippen LogP contribution in [0, 0.1) is 5.82 Å². The third-order valence-corrected chi connectivity index (χ3v) is 5.83. The summed E-state index contributed by atoms with van der Waals surface area (Å²) in [5.74, 6) is 0.560. The second kappa shape index (κ2) is 12.3. The highest BCUT2D eigenvalue weighted by molar-refractivity contribution is 5.68. The predicted molar refractivity (Wildman–Crippen MR) is 129 cm³/mol. The number of hydrogen-bond donors (Lipinski definition) is 0. The molecule has 0 amide bonds. The Morgan fingerprint density at radius 2 is 1.26 bits per heavy atom. The number of rotatable bonds is 12. The maximum absolute atomic E-state index is 14.6. The summed E-state index contributed by atoms with van der Waals surface area (Å²) in [7, 11) is 0. The number of unbranched alkanes of at least 4 members (excludes halogenated alkanes) is 6. The second-order valence-electron chi connectivity index (χ2n) is 8.43. The van der Waals surface area contributed by atoms with E-state index in [0.717, 1.165) is 42.4 Å². The first-order chi connectivity index (χ1) is 15.2. The zero-order valence-corrected chi connectivity index (χ0v) is 19.0.